The Morgan fingerprint density at radius 2 is 2.07 bits per heavy atom. The van der Waals surface area contributed by atoms with Gasteiger partial charge in [0, 0.05) is 12.3 Å². The summed E-state index contributed by atoms with van der Waals surface area (Å²) in [5, 5.41) is 10.00. The maximum Gasteiger partial charge on any atom is 0.417 e. The number of hydrogen-bond acceptors (Lipinski definition) is 2. The number of ether oxygens (including phenoxy) is 1. The number of aromatic nitrogens is 1. The molecule has 1 radical (unpaired) electrons. The molecule has 0 spiro atoms. The predicted octanol–water partition coefficient (Wildman–Crippen LogP) is 1.91. The van der Waals surface area contributed by atoms with Gasteiger partial charge in [-0.05, 0) is 6.07 Å². The van der Waals surface area contributed by atoms with Gasteiger partial charge in [0.25, 0.3) is 0 Å². The van der Waals surface area contributed by atoms with E-state index >= 15 is 0 Å². The van der Waals surface area contributed by atoms with Gasteiger partial charge in [-0.25, -0.2) is 10.1 Å². The van der Waals surface area contributed by atoms with E-state index < -0.39 is 18.3 Å². The highest BCUT2D eigenvalue weighted by molar-refractivity contribution is 5.19. The molecule has 0 N–H and O–H groups in total. The van der Waals surface area contributed by atoms with Gasteiger partial charge < -0.3 is 4.74 Å². The average molecular weight is 206 g/mol. The maximum atomic E-state index is 12.0. The smallest absolute Gasteiger partial charge is 0.417 e. The first-order valence-electron chi connectivity index (χ1n) is 3.78. The second-order valence-electron chi connectivity index (χ2n) is 2.44. The van der Waals surface area contributed by atoms with Crippen LogP contribution in [-0.4, -0.2) is 18.2 Å². The van der Waals surface area contributed by atoms with Crippen molar-refractivity contribution in [1.82, 2.24) is 4.98 Å². The summed E-state index contributed by atoms with van der Waals surface area (Å²) in [7, 11) is 0. The molecule has 1 heterocycles. The van der Waals surface area contributed by atoms with Crippen molar-refractivity contribution < 1.29 is 23.0 Å². The molecule has 0 atom stereocenters. The normalized spacial score (nSPS) is 11.4. The van der Waals surface area contributed by atoms with E-state index in [4.69, 9.17) is 4.74 Å². The van der Waals surface area contributed by atoms with Gasteiger partial charge in [0.15, 0.2) is 0 Å². The summed E-state index contributed by atoms with van der Waals surface area (Å²) >= 11 is 0. The zero-order chi connectivity index (χ0) is 10.6. The Bertz CT molecular complexity index is 284. The Balaban J connectivity index is 2.69. The molecular weight excluding hydrogens is 199 g/mol. The molecule has 77 valence electrons. The minimum atomic E-state index is -4.40. The van der Waals surface area contributed by atoms with Crippen molar-refractivity contribution in [2.75, 3.05) is 13.2 Å². The van der Waals surface area contributed by atoms with E-state index in [0.717, 1.165) is 12.1 Å². The first kappa shape index (κ1) is 10.8. The number of alkyl halides is 3. The minimum Gasteiger partial charge on any atom is -0.475 e. The fraction of sp³-hybridized carbons (Fsp3) is 0.375. The Morgan fingerprint density at radius 1 is 1.36 bits per heavy atom. The summed E-state index contributed by atoms with van der Waals surface area (Å²) in [4.78, 5) is 3.40. The first-order chi connectivity index (χ1) is 6.54. The molecule has 1 aromatic heterocycles. The molecule has 0 aliphatic heterocycles. The topological polar surface area (TPSA) is 42.0 Å². The molecule has 0 aliphatic carbocycles. The van der Waals surface area contributed by atoms with Crippen LogP contribution >= 0.6 is 0 Å². The van der Waals surface area contributed by atoms with Crippen LogP contribution in [-0.2, 0) is 11.3 Å². The molecule has 0 saturated heterocycles. The monoisotopic (exact) mass is 206 g/mol. The molecule has 0 unspecified atom stereocenters. The molecule has 14 heavy (non-hydrogen) atoms. The fourth-order valence-electron chi connectivity index (χ4n) is 0.780. The van der Waals surface area contributed by atoms with E-state index in [-0.39, 0.29) is 12.5 Å². The van der Waals surface area contributed by atoms with Crippen LogP contribution in [0.1, 0.15) is 5.56 Å². The Hall–Kier alpha value is -1.30. The van der Waals surface area contributed by atoms with E-state index in [0.29, 0.717) is 6.20 Å². The van der Waals surface area contributed by atoms with Crippen molar-refractivity contribution in [2.24, 2.45) is 0 Å². The highest BCUT2D eigenvalue weighted by atomic mass is 19.4. The lowest BCUT2D eigenvalue weighted by atomic mass is 10.3. The number of hydrogen-bond donors (Lipinski definition) is 0. The summed E-state index contributed by atoms with van der Waals surface area (Å²) in [6, 6.07) is 1.94. The summed E-state index contributed by atoms with van der Waals surface area (Å²) < 4.78 is 40.9. The fourth-order valence-corrected chi connectivity index (χ4v) is 0.780. The van der Waals surface area contributed by atoms with Gasteiger partial charge in [-0.2, -0.15) is 13.2 Å². The molecule has 1 aromatic rings. The molecule has 0 bridgehead atoms. The third-order valence-electron chi connectivity index (χ3n) is 1.40. The summed E-state index contributed by atoms with van der Waals surface area (Å²) in [5.74, 6) is 0.0221. The van der Waals surface area contributed by atoms with Gasteiger partial charge >= 0.3 is 6.18 Å². The van der Waals surface area contributed by atoms with Crippen molar-refractivity contribution in [3.05, 3.63) is 23.9 Å². The highest BCUT2D eigenvalue weighted by Crippen LogP contribution is 2.29. The quantitative estimate of drug-likeness (QED) is 0.757. The second kappa shape index (κ2) is 4.28. The Kier molecular flexibility index (Phi) is 3.29. The predicted molar refractivity (Wildman–Crippen MR) is 40.3 cm³/mol. The first-order valence-corrected chi connectivity index (χ1v) is 3.78. The zero-order valence-corrected chi connectivity index (χ0v) is 7.04. The SMILES string of the molecule is [O]CCOc1ccc(C(F)(F)F)cn1. The summed E-state index contributed by atoms with van der Waals surface area (Å²) in [5.41, 5.74) is -0.841. The highest BCUT2D eigenvalue weighted by Gasteiger charge is 2.30. The lowest BCUT2D eigenvalue weighted by molar-refractivity contribution is -0.137. The van der Waals surface area contributed by atoms with Crippen LogP contribution < -0.4 is 4.74 Å². The maximum absolute atomic E-state index is 12.0. The zero-order valence-electron chi connectivity index (χ0n) is 7.04. The van der Waals surface area contributed by atoms with Gasteiger partial charge in [-0.15, -0.1) is 0 Å². The standard InChI is InChI=1S/C8H7F3NO2/c9-8(10,11)6-1-2-7(12-5-6)14-4-3-13/h1-2,5H,3-4H2. The van der Waals surface area contributed by atoms with Gasteiger partial charge in [0.05, 0.1) is 5.56 Å². The van der Waals surface area contributed by atoms with Crippen LogP contribution in [0.15, 0.2) is 18.3 Å². The molecule has 1 rings (SSSR count). The number of pyridine rings is 1. The van der Waals surface area contributed by atoms with Crippen LogP contribution in [0.3, 0.4) is 0 Å². The lowest BCUT2D eigenvalue weighted by Gasteiger charge is -2.06. The van der Waals surface area contributed by atoms with Crippen LogP contribution in [0.4, 0.5) is 13.2 Å². The lowest BCUT2D eigenvalue weighted by Crippen LogP contribution is -2.07. The Morgan fingerprint density at radius 3 is 2.50 bits per heavy atom. The van der Waals surface area contributed by atoms with E-state index in [1.54, 1.807) is 0 Å². The van der Waals surface area contributed by atoms with Crippen molar-refractivity contribution >= 4 is 0 Å². The van der Waals surface area contributed by atoms with E-state index in [2.05, 4.69) is 4.98 Å². The van der Waals surface area contributed by atoms with Gasteiger partial charge in [-0.1, -0.05) is 0 Å². The average Bonchev–Trinajstić information content (AvgIpc) is 2.14. The van der Waals surface area contributed by atoms with E-state index in [9.17, 15) is 18.3 Å². The van der Waals surface area contributed by atoms with Crippen molar-refractivity contribution in [3.63, 3.8) is 0 Å². The van der Waals surface area contributed by atoms with Crippen LogP contribution in [0.25, 0.3) is 0 Å². The Labute approximate surface area is 78.2 Å². The van der Waals surface area contributed by atoms with Gasteiger partial charge in [-0.3, -0.25) is 0 Å². The molecule has 6 heteroatoms. The summed E-state index contributed by atoms with van der Waals surface area (Å²) in [6.45, 7) is -0.554. The molecular formula is C8H7F3NO2. The van der Waals surface area contributed by atoms with E-state index in [1.807, 2.05) is 0 Å². The molecule has 0 fully saturated rings. The second-order valence-corrected chi connectivity index (χ2v) is 2.44. The molecule has 0 saturated carbocycles. The number of rotatable bonds is 3. The molecule has 0 aromatic carbocycles. The largest absolute Gasteiger partial charge is 0.475 e. The molecule has 3 nitrogen and oxygen atoms in total. The van der Waals surface area contributed by atoms with Crippen molar-refractivity contribution in [2.45, 2.75) is 6.18 Å². The van der Waals surface area contributed by atoms with Crippen LogP contribution in [0.5, 0.6) is 5.88 Å². The minimum absolute atomic E-state index is 0.0221. The third-order valence-corrected chi connectivity index (χ3v) is 1.40. The third kappa shape index (κ3) is 2.88. The summed E-state index contributed by atoms with van der Waals surface area (Å²) in [6.07, 6.45) is -3.73. The number of halogens is 3. The van der Waals surface area contributed by atoms with Gasteiger partial charge in [0.1, 0.15) is 13.2 Å². The van der Waals surface area contributed by atoms with Crippen molar-refractivity contribution in [3.8, 4) is 5.88 Å². The molecule has 0 amide bonds. The van der Waals surface area contributed by atoms with Crippen molar-refractivity contribution in [1.29, 1.82) is 0 Å². The van der Waals surface area contributed by atoms with E-state index in [1.165, 1.54) is 0 Å². The number of nitrogens with zero attached hydrogens (tertiary/aromatic N) is 1. The van der Waals surface area contributed by atoms with Gasteiger partial charge in [0.2, 0.25) is 5.88 Å². The van der Waals surface area contributed by atoms with Crippen LogP contribution in [0.2, 0.25) is 0 Å². The van der Waals surface area contributed by atoms with Crippen LogP contribution in [0, 0.1) is 0 Å². The molecule has 0 aliphatic rings.